The topological polar surface area (TPSA) is 40.5 Å². The van der Waals surface area contributed by atoms with Gasteiger partial charge in [-0.05, 0) is 18.8 Å². The Bertz CT molecular complexity index is 230. The van der Waals surface area contributed by atoms with Crippen molar-refractivity contribution in [1.82, 2.24) is 4.90 Å². The maximum atomic E-state index is 11.1. The fourth-order valence-corrected chi connectivity index (χ4v) is 2.71. The fourth-order valence-electron chi connectivity index (χ4n) is 2.71. The molecule has 1 aliphatic rings. The van der Waals surface area contributed by atoms with Gasteiger partial charge < -0.3 is 5.11 Å². The van der Waals surface area contributed by atoms with Crippen LogP contribution in [-0.2, 0) is 4.79 Å². The van der Waals surface area contributed by atoms with E-state index in [2.05, 4.69) is 25.7 Å². The molecule has 1 N–H and O–H groups in total. The van der Waals surface area contributed by atoms with Gasteiger partial charge in [-0.1, -0.05) is 33.6 Å². The molecule has 94 valence electrons. The monoisotopic (exact) mass is 227 g/mol. The van der Waals surface area contributed by atoms with Crippen LogP contribution < -0.4 is 0 Å². The Hall–Kier alpha value is -0.570. The Kier molecular flexibility index (Phi) is 5.26. The van der Waals surface area contributed by atoms with Gasteiger partial charge in [0.05, 0.1) is 5.92 Å². The minimum Gasteiger partial charge on any atom is -0.481 e. The van der Waals surface area contributed by atoms with Gasteiger partial charge in [-0.15, -0.1) is 0 Å². The SMILES string of the molecule is CCCCC(CC)N1CC(C)C(C(=O)O)C1. The lowest BCUT2D eigenvalue weighted by Crippen LogP contribution is -2.33. The molecule has 0 aromatic carbocycles. The average molecular weight is 227 g/mol. The van der Waals surface area contributed by atoms with Crippen molar-refractivity contribution in [2.75, 3.05) is 13.1 Å². The molecule has 0 aromatic heterocycles. The number of hydrogen-bond acceptors (Lipinski definition) is 2. The van der Waals surface area contributed by atoms with E-state index in [-0.39, 0.29) is 5.92 Å². The van der Waals surface area contributed by atoms with Crippen molar-refractivity contribution >= 4 is 5.97 Å². The highest BCUT2D eigenvalue weighted by Gasteiger charge is 2.36. The number of nitrogens with zero attached hydrogens (tertiary/aromatic N) is 1. The van der Waals surface area contributed by atoms with E-state index in [0.29, 0.717) is 12.0 Å². The van der Waals surface area contributed by atoms with Gasteiger partial charge in [-0.25, -0.2) is 0 Å². The molecule has 0 aliphatic carbocycles. The predicted molar refractivity (Wildman–Crippen MR) is 65.5 cm³/mol. The van der Waals surface area contributed by atoms with Crippen molar-refractivity contribution in [2.45, 2.75) is 52.5 Å². The van der Waals surface area contributed by atoms with Crippen LogP contribution in [0.2, 0.25) is 0 Å². The molecule has 0 aromatic rings. The molecule has 3 atom stereocenters. The molecule has 0 spiro atoms. The van der Waals surface area contributed by atoms with Crippen molar-refractivity contribution in [1.29, 1.82) is 0 Å². The molecule has 0 radical (unpaired) electrons. The molecule has 3 unspecified atom stereocenters. The van der Waals surface area contributed by atoms with E-state index in [1.165, 1.54) is 19.3 Å². The lowest BCUT2D eigenvalue weighted by atomic mass is 9.99. The summed E-state index contributed by atoms with van der Waals surface area (Å²) in [5, 5.41) is 9.11. The predicted octanol–water partition coefficient (Wildman–Crippen LogP) is 2.61. The summed E-state index contributed by atoms with van der Waals surface area (Å²) in [6.07, 6.45) is 4.83. The van der Waals surface area contributed by atoms with Crippen molar-refractivity contribution in [3.8, 4) is 0 Å². The third-order valence-electron chi connectivity index (χ3n) is 3.84. The van der Waals surface area contributed by atoms with Crippen molar-refractivity contribution in [2.24, 2.45) is 11.8 Å². The smallest absolute Gasteiger partial charge is 0.308 e. The van der Waals surface area contributed by atoms with E-state index in [0.717, 1.165) is 19.5 Å². The van der Waals surface area contributed by atoms with Gasteiger partial charge in [0, 0.05) is 19.1 Å². The van der Waals surface area contributed by atoms with Gasteiger partial charge in [-0.3, -0.25) is 9.69 Å². The molecular weight excluding hydrogens is 202 g/mol. The number of carboxylic acid groups (broad SMARTS) is 1. The quantitative estimate of drug-likeness (QED) is 0.758. The van der Waals surface area contributed by atoms with E-state index >= 15 is 0 Å². The van der Waals surface area contributed by atoms with E-state index in [9.17, 15) is 4.79 Å². The second-order valence-corrected chi connectivity index (χ2v) is 5.08. The molecule has 1 rings (SSSR count). The molecular formula is C13H25NO2. The molecule has 1 saturated heterocycles. The van der Waals surface area contributed by atoms with Crippen molar-refractivity contribution in [3.05, 3.63) is 0 Å². The number of rotatable bonds is 6. The second kappa shape index (κ2) is 6.24. The molecule has 0 saturated carbocycles. The highest BCUT2D eigenvalue weighted by molar-refractivity contribution is 5.71. The number of hydrogen-bond donors (Lipinski definition) is 1. The van der Waals surface area contributed by atoms with Gasteiger partial charge >= 0.3 is 5.97 Å². The van der Waals surface area contributed by atoms with Crippen molar-refractivity contribution < 1.29 is 9.90 Å². The lowest BCUT2D eigenvalue weighted by Gasteiger charge is -2.26. The van der Waals surface area contributed by atoms with Crippen LogP contribution in [0.5, 0.6) is 0 Å². The highest BCUT2D eigenvalue weighted by atomic mass is 16.4. The summed E-state index contributed by atoms with van der Waals surface area (Å²) in [5.74, 6) is -0.482. The summed E-state index contributed by atoms with van der Waals surface area (Å²) in [4.78, 5) is 13.4. The Morgan fingerprint density at radius 3 is 2.56 bits per heavy atom. The second-order valence-electron chi connectivity index (χ2n) is 5.08. The van der Waals surface area contributed by atoms with Gasteiger partial charge in [0.25, 0.3) is 0 Å². The summed E-state index contributed by atoms with van der Waals surface area (Å²) in [7, 11) is 0. The minimum atomic E-state index is -0.625. The molecule has 3 heteroatoms. The first-order chi connectivity index (χ1) is 7.60. The first kappa shape index (κ1) is 13.5. The van der Waals surface area contributed by atoms with Crippen LogP contribution in [0.3, 0.4) is 0 Å². The zero-order chi connectivity index (χ0) is 12.1. The van der Waals surface area contributed by atoms with Crippen LogP contribution in [0.15, 0.2) is 0 Å². The van der Waals surface area contributed by atoms with Crippen LogP contribution in [0.25, 0.3) is 0 Å². The highest BCUT2D eigenvalue weighted by Crippen LogP contribution is 2.27. The molecule has 16 heavy (non-hydrogen) atoms. The van der Waals surface area contributed by atoms with E-state index in [4.69, 9.17) is 5.11 Å². The van der Waals surface area contributed by atoms with Crippen LogP contribution in [0, 0.1) is 11.8 Å². The summed E-state index contributed by atoms with van der Waals surface area (Å²) >= 11 is 0. The van der Waals surface area contributed by atoms with Gasteiger partial charge in [0.1, 0.15) is 0 Å². The summed E-state index contributed by atoms with van der Waals surface area (Å²) in [6, 6.07) is 0.590. The summed E-state index contributed by atoms with van der Waals surface area (Å²) in [6.45, 7) is 8.18. The Labute approximate surface area is 98.8 Å². The number of carboxylic acids is 1. The molecule has 1 fully saturated rings. The molecule has 0 bridgehead atoms. The van der Waals surface area contributed by atoms with Crippen molar-refractivity contribution in [3.63, 3.8) is 0 Å². The fraction of sp³-hybridized carbons (Fsp3) is 0.923. The van der Waals surface area contributed by atoms with Crippen LogP contribution in [0.1, 0.15) is 46.5 Å². The molecule has 3 nitrogen and oxygen atoms in total. The Balaban J connectivity index is 2.51. The van der Waals surface area contributed by atoms with Crippen LogP contribution in [0.4, 0.5) is 0 Å². The maximum absolute atomic E-state index is 11.1. The minimum absolute atomic E-state index is 0.157. The van der Waals surface area contributed by atoms with Crippen LogP contribution in [-0.4, -0.2) is 35.1 Å². The lowest BCUT2D eigenvalue weighted by molar-refractivity contribution is -0.142. The van der Waals surface area contributed by atoms with Gasteiger partial charge in [0.15, 0.2) is 0 Å². The maximum Gasteiger partial charge on any atom is 0.308 e. The average Bonchev–Trinajstić information content (AvgIpc) is 2.62. The van der Waals surface area contributed by atoms with E-state index < -0.39 is 5.97 Å². The third-order valence-corrected chi connectivity index (χ3v) is 3.84. The molecule has 0 amide bonds. The Morgan fingerprint density at radius 2 is 2.12 bits per heavy atom. The zero-order valence-corrected chi connectivity index (χ0v) is 10.8. The number of aliphatic carboxylic acids is 1. The van der Waals surface area contributed by atoms with Gasteiger partial charge in [-0.2, -0.15) is 0 Å². The number of likely N-dealkylation sites (tertiary alicyclic amines) is 1. The van der Waals surface area contributed by atoms with Crippen LogP contribution >= 0.6 is 0 Å². The first-order valence-corrected chi connectivity index (χ1v) is 6.56. The first-order valence-electron chi connectivity index (χ1n) is 6.56. The normalized spacial score (nSPS) is 28.2. The Morgan fingerprint density at radius 1 is 1.44 bits per heavy atom. The molecule has 1 heterocycles. The summed E-state index contributed by atoms with van der Waals surface area (Å²) < 4.78 is 0. The number of carbonyl (C=O) groups is 1. The van der Waals surface area contributed by atoms with E-state index in [1.807, 2.05) is 0 Å². The largest absolute Gasteiger partial charge is 0.481 e. The standard InChI is InChI=1S/C13H25NO2/c1-4-6-7-11(5-2)14-8-10(3)12(9-14)13(15)16/h10-12H,4-9H2,1-3H3,(H,15,16). The third kappa shape index (κ3) is 3.21. The zero-order valence-electron chi connectivity index (χ0n) is 10.8. The summed E-state index contributed by atoms with van der Waals surface area (Å²) in [5.41, 5.74) is 0. The molecule has 1 aliphatic heterocycles. The number of unbranched alkanes of at least 4 members (excludes halogenated alkanes) is 1. The van der Waals surface area contributed by atoms with Gasteiger partial charge in [0.2, 0.25) is 0 Å². The van der Waals surface area contributed by atoms with E-state index in [1.54, 1.807) is 0 Å².